The van der Waals surface area contributed by atoms with Gasteiger partial charge < -0.3 is 10.4 Å². The molecule has 0 aliphatic heterocycles. The number of amides is 1. The van der Waals surface area contributed by atoms with Gasteiger partial charge in [-0.2, -0.15) is 13.2 Å². The fourth-order valence-electron chi connectivity index (χ4n) is 2.05. The van der Waals surface area contributed by atoms with E-state index in [4.69, 9.17) is 0 Å². The highest BCUT2D eigenvalue weighted by Gasteiger charge is 2.40. The number of carbonyl (C=O) groups is 1. The summed E-state index contributed by atoms with van der Waals surface area (Å²) in [7, 11) is 0. The lowest BCUT2D eigenvalue weighted by atomic mass is 10.0. The first kappa shape index (κ1) is 14.8. The number of nitrogens with one attached hydrogen (secondary N) is 1. The van der Waals surface area contributed by atoms with Crippen LogP contribution in [-0.4, -0.2) is 23.2 Å². The van der Waals surface area contributed by atoms with Crippen molar-refractivity contribution in [2.24, 2.45) is 5.92 Å². The van der Waals surface area contributed by atoms with E-state index in [-0.39, 0.29) is 18.0 Å². The maximum Gasteiger partial charge on any atom is 0.416 e. The fourth-order valence-corrected chi connectivity index (χ4v) is 2.05. The largest absolute Gasteiger partial charge is 0.416 e. The molecule has 1 aliphatic carbocycles. The van der Waals surface area contributed by atoms with Crippen LogP contribution < -0.4 is 5.32 Å². The Bertz CT molecular complexity index is 507. The average molecular weight is 287 g/mol. The summed E-state index contributed by atoms with van der Waals surface area (Å²) in [6.07, 6.45) is -2.66. The van der Waals surface area contributed by atoms with Crippen LogP contribution in [-0.2, 0) is 6.18 Å². The van der Waals surface area contributed by atoms with Gasteiger partial charge in [-0.3, -0.25) is 4.79 Å². The SMILES string of the molecule is CC(O)(CNC(=O)c1cccc(C(F)(F)F)c1)C1CC1. The lowest BCUT2D eigenvalue weighted by molar-refractivity contribution is -0.137. The number of hydrogen-bond acceptors (Lipinski definition) is 2. The van der Waals surface area contributed by atoms with Gasteiger partial charge in [-0.15, -0.1) is 0 Å². The molecule has 0 heterocycles. The molecule has 1 fully saturated rings. The van der Waals surface area contributed by atoms with E-state index < -0.39 is 23.2 Å². The second-order valence-electron chi connectivity index (χ2n) is 5.39. The number of alkyl halides is 3. The van der Waals surface area contributed by atoms with E-state index in [1.54, 1.807) is 6.92 Å². The number of halogens is 3. The normalized spacial score (nSPS) is 18.4. The molecule has 0 spiro atoms. The quantitative estimate of drug-likeness (QED) is 0.894. The van der Waals surface area contributed by atoms with E-state index >= 15 is 0 Å². The van der Waals surface area contributed by atoms with Gasteiger partial charge >= 0.3 is 6.18 Å². The third kappa shape index (κ3) is 3.50. The Balaban J connectivity index is 2.02. The van der Waals surface area contributed by atoms with Gasteiger partial charge in [-0.25, -0.2) is 0 Å². The summed E-state index contributed by atoms with van der Waals surface area (Å²) in [5.74, 6) is -0.457. The maximum absolute atomic E-state index is 12.5. The van der Waals surface area contributed by atoms with Crippen molar-refractivity contribution >= 4 is 5.91 Å². The highest BCUT2D eigenvalue weighted by molar-refractivity contribution is 5.94. The first-order chi connectivity index (χ1) is 9.20. The Labute approximate surface area is 114 Å². The van der Waals surface area contributed by atoms with Crippen LogP contribution in [0.3, 0.4) is 0 Å². The zero-order valence-corrected chi connectivity index (χ0v) is 11.0. The maximum atomic E-state index is 12.5. The van der Waals surface area contributed by atoms with Gasteiger partial charge in [0.2, 0.25) is 0 Å². The van der Waals surface area contributed by atoms with Crippen LogP contribution in [0.2, 0.25) is 0 Å². The van der Waals surface area contributed by atoms with Crippen LogP contribution >= 0.6 is 0 Å². The molecule has 0 aromatic heterocycles. The molecule has 1 atom stereocenters. The molecule has 1 aromatic carbocycles. The van der Waals surface area contributed by atoms with Crippen LogP contribution in [0.25, 0.3) is 0 Å². The molecule has 6 heteroatoms. The summed E-state index contributed by atoms with van der Waals surface area (Å²) in [5.41, 5.74) is -1.93. The summed E-state index contributed by atoms with van der Waals surface area (Å²) >= 11 is 0. The molecule has 1 aromatic rings. The smallest absolute Gasteiger partial charge is 0.388 e. The van der Waals surface area contributed by atoms with Crippen molar-refractivity contribution in [1.82, 2.24) is 5.32 Å². The van der Waals surface area contributed by atoms with Crippen molar-refractivity contribution in [2.75, 3.05) is 6.54 Å². The van der Waals surface area contributed by atoms with Crippen LogP contribution in [0.15, 0.2) is 24.3 Å². The van der Waals surface area contributed by atoms with E-state index in [0.29, 0.717) is 0 Å². The first-order valence-corrected chi connectivity index (χ1v) is 6.38. The summed E-state index contributed by atoms with van der Waals surface area (Å²) in [6.45, 7) is 1.66. The molecule has 3 nitrogen and oxygen atoms in total. The molecule has 1 amide bonds. The Kier molecular flexibility index (Phi) is 3.77. The number of aliphatic hydroxyl groups is 1. The summed E-state index contributed by atoms with van der Waals surface area (Å²) in [4.78, 5) is 11.8. The molecule has 2 rings (SSSR count). The highest BCUT2D eigenvalue weighted by Crippen LogP contribution is 2.39. The Morgan fingerprint density at radius 2 is 2.05 bits per heavy atom. The van der Waals surface area contributed by atoms with Gasteiger partial charge in [0.1, 0.15) is 0 Å². The Hall–Kier alpha value is -1.56. The minimum atomic E-state index is -4.48. The molecule has 1 saturated carbocycles. The summed E-state index contributed by atoms with van der Waals surface area (Å²) in [6, 6.07) is 4.23. The number of rotatable bonds is 4. The number of carbonyl (C=O) groups excluding carboxylic acids is 1. The number of hydrogen-bond donors (Lipinski definition) is 2. The zero-order valence-electron chi connectivity index (χ0n) is 11.0. The summed E-state index contributed by atoms with van der Waals surface area (Å²) < 4.78 is 37.6. The third-order valence-electron chi connectivity index (χ3n) is 3.52. The Morgan fingerprint density at radius 3 is 2.60 bits per heavy atom. The van der Waals surface area contributed by atoms with Crippen molar-refractivity contribution in [3.63, 3.8) is 0 Å². The van der Waals surface area contributed by atoms with E-state index in [1.807, 2.05) is 0 Å². The predicted octanol–water partition coefficient (Wildman–Crippen LogP) is 2.60. The molecule has 110 valence electrons. The molecule has 2 N–H and O–H groups in total. The fraction of sp³-hybridized carbons (Fsp3) is 0.500. The highest BCUT2D eigenvalue weighted by atomic mass is 19.4. The summed E-state index contributed by atoms with van der Waals surface area (Å²) in [5, 5.41) is 12.5. The van der Waals surface area contributed by atoms with Gasteiger partial charge in [-0.05, 0) is 43.9 Å². The average Bonchev–Trinajstić information content (AvgIpc) is 3.20. The second-order valence-corrected chi connectivity index (χ2v) is 5.39. The lowest BCUT2D eigenvalue weighted by Crippen LogP contribution is -2.42. The minimum absolute atomic E-state index is 0.0345. The van der Waals surface area contributed by atoms with Gasteiger partial charge in [0.05, 0.1) is 11.2 Å². The molecule has 1 aliphatic rings. The van der Waals surface area contributed by atoms with Crippen molar-refractivity contribution < 1.29 is 23.1 Å². The topological polar surface area (TPSA) is 49.3 Å². The van der Waals surface area contributed by atoms with Crippen LogP contribution in [0, 0.1) is 5.92 Å². The van der Waals surface area contributed by atoms with Crippen molar-refractivity contribution in [1.29, 1.82) is 0 Å². The van der Waals surface area contributed by atoms with Crippen molar-refractivity contribution in [3.8, 4) is 0 Å². The van der Waals surface area contributed by atoms with E-state index in [2.05, 4.69) is 5.32 Å². The predicted molar refractivity (Wildman–Crippen MR) is 67.1 cm³/mol. The molecular weight excluding hydrogens is 271 g/mol. The minimum Gasteiger partial charge on any atom is -0.388 e. The molecule has 20 heavy (non-hydrogen) atoms. The second kappa shape index (κ2) is 5.09. The van der Waals surface area contributed by atoms with E-state index in [9.17, 15) is 23.1 Å². The zero-order chi connectivity index (χ0) is 15.0. The Morgan fingerprint density at radius 1 is 1.40 bits per heavy atom. The van der Waals surface area contributed by atoms with Crippen LogP contribution in [0.5, 0.6) is 0 Å². The van der Waals surface area contributed by atoms with Gasteiger partial charge in [0, 0.05) is 12.1 Å². The monoisotopic (exact) mass is 287 g/mol. The van der Waals surface area contributed by atoms with Crippen LogP contribution in [0.4, 0.5) is 13.2 Å². The molecule has 0 saturated heterocycles. The first-order valence-electron chi connectivity index (χ1n) is 6.38. The van der Waals surface area contributed by atoms with Crippen molar-refractivity contribution in [3.05, 3.63) is 35.4 Å². The van der Waals surface area contributed by atoms with Crippen molar-refractivity contribution in [2.45, 2.75) is 31.5 Å². The molecule has 1 unspecified atom stereocenters. The van der Waals surface area contributed by atoms with Gasteiger partial charge in [-0.1, -0.05) is 6.07 Å². The lowest BCUT2D eigenvalue weighted by Gasteiger charge is -2.23. The third-order valence-corrected chi connectivity index (χ3v) is 3.52. The number of benzene rings is 1. The standard InChI is InChI=1S/C14H16F3NO2/c1-13(20,10-5-6-10)8-18-12(19)9-3-2-4-11(7-9)14(15,16)17/h2-4,7,10,20H,5-6,8H2,1H3,(H,18,19). The van der Waals surface area contributed by atoms with E-state index in [0.717, 1.165) is 25.0 Å². The molecule has 0 radical (unpaired) electrons. The van der Waals surface area contributed by atoms with Crippen LogP contribution in [0.1, 0.15) is 35.7 Å². The van der Waals surface area contributed by atoms with Gasteiger partial charge in [0.15, 0.2) is 0 Å². The molecule has 0 bridgehead atoms. The molecular formula is C14H16F3NO2. The van der Waals surface area contributed by atoms with Gasteiger partial charge in [0.25, 0.3) is 5.91 Å². The van der Waals surface area contributed by atoms with E-state index in [1.165, 1.54) is 12.1 Å².